The number of allylic oxidation sites excluding steroid dienone is 3. The number of carbonyl (C=O) groups excluding carboxylic acids is 1. The smallest absolute Gasteiger partial charge is 0.407 e. The molecule has 1 aliphatic heterocycles. The molecule has 1 aromatic carbocycles. The maximum Gasteiger partial charge on any atom is 0.407 e. The number of alkyl carbamates (subject to hydrolysis) is 1. The largest absolute Gasteiger partial charge is 0.444 e. The van der Waals surface area contributed by atoms with E-state index in [4.69, 9.17) is 4.74 Å². The van der Waals surface area contributed by atoms with Crippen molar-refractivity contribution in [1.29, 1.82) is 0 Å². The molecule has 1 aromatic rings. The van der Waals surface area contributed by atoms with Crippen LogP contribution in [-0.2, 0) is 11.2 Å². The minimum atomic E-state index is -0.488. The summed E-state index contributed by atoms with van der Waals surface area (Å²) in [5.41, 5.74) is 2.03. The summed E-state index contributed by atoms with van der Waals surface area (Å²) in [4.78, 5) is 14.6. The zero-order valence-electron chi connectivity index (χ0n) is 15.7. The highest BCUT2D eigenvalue weighted by molar-refractivity contribution is 9.10. The first-order valence-corrected chi connectivity index (χ1v) is 9.96. The SMILES string of the molecule is CC(C)(C)OC(=O)NC1Cc2cc(Br)ccc2N(CC2C=CC=CC2)C1. The van der Waals surface area contributed by atoms with Gasteiger partial charge in [0.05, 0.1) is 6.04 Å². The van der Waals surface area contributed by atoms with Crippen molar-refractivity contribution >= 4 is 27.7 Å². The van der Waals surface area contributed by atoms with E-state index in [1.54, 1.807) is 0 Å². The minimum absolute atomic E-state index is 0.0368. The maximum absolute atomic E-state index is 12.2. The number of amides is 1. The highest BCUT2D eigenvalue weighted by Crippen LogP contribution is 2.31. The lowest BCUT2D eigenvalue weighted by molar-refractivity contribution is 0.0504. The zero-order chi connectivity index (χ0) is 18.7. The number of benzene rings is 1. The van der Waals surface area contributed by atoms with Gasteiger partial charge in [0, 0.05) is 23.2 Å². The number of fused-ring (bicyclic) bond motifs is 1. The molecule has 1 heterocycles. The molecule has 0 spiro atoms. The lowest BCUT2D eigenvalue weighted by atomic mass is 9.94. The Balaban J connectivity index is 1.74. The second kappa shape index (κ2) is 7.87. The second-order valence-electron chi connectivity index (χ2n) is 8.03. The van der Waals surface area contributed by atoms with Gasteiger partial charge in [0.25, 0.3) is 0 Å². The number of anilines is 1. The summed E-state index contributed by atoms with van der Waals surface area (Å²) in [6, 6.07) is 6.45. The number of nitrogens with zero attached hydrogens (tertiary/aromatic N) is 1. The standard InChI is InChI=1S/C21H27BrN2O2/c1-21(2,3)26-20(25)23-18-12-16-11-17(22)9-10-19(16)24(14-18)13-15-7-5-4-6-8-15/h4-7,9-11,15,18H,8,12-14H2,1-3H3,(H,23,25). The van der Waals surface area contributed by atoms with Crippen LogP contribution in [0.3, 0.4) is 0 Å². The van der Waals surface area contributed by atoms with E-state index in [9.17, 15) is 4.79 Å². The van der Waals surface area contributed by atoms with Gasteiger partial charge in [-0.15, -0.1) is 0 Å². The number of rotatable bonds is 3. The van der Waals surface area contributed by atoms with Crippen LogP contribution in [0.25, 0.3) is 0 Å². The molecule has 0 fully saturated rings. The van der Waals surface area contributed by atoms with Crippen molar-refractivity contribution in [3.05, 3.63) is 52.5 Å². The van der Waals surface area contributed by atoms with Gasteiger partial charge in [-0.05, 0) is 63.3 Å². The van der Waals surface area contributed by atoms with Crippen molar-refractivity contribution in [2.24, 2.45) is 5.92 Å². The summed E-state index contributed by atoms with van der Waals surface area (Å²) in [5.74, 6) is 0.497. The van der Waals surface area contributed by atoms with Crippen molar-refractivity contribution < 1.29 is 9.53 Å². The van der Waals surface area contributed by atoms with Gasteiger partial charge in [0.1, 0.15) is 5.60 Å². The maximum atomic E-state index is 12.2. The van der Waals surface area contributed by atoms with Gasteiger partial charge in [0.2, 0.25) is 0 Å². The first kappa shape index (κ1) is 19.0. The van der Waals surface area contributed by atoms with E-state index < -0.39 is 5.60 Å². The zero-order valence-corrected chi connectivity index (χ0v) is 17.3. The fourth-order valence-corrected chi connectivity index (χ4v) is 3.92. The molecule has 140 valence electrons. The molecular weight excluding hydrogens is 392 g/mol. The van der Waals surface area contributed by atoms with Crippen LogP contribution in [0, 0.1) is 5.92 Å². The van der Waals surface area contributed by atoms with E-state index in [2.05, 4.69) is 68.6 Å². The van der Waals surface area contributed by atoms with Gasteiger partial charge in [-0.2, -0.15) is 0 Å². The Morgan fingerprint density at radius 2 is 2.15 bits per heavy atom. The summed E-state index contributed by atoms with van der Waals surface area (Å²) >= 11 is 3.57. The van der Waals surface area contributed by atoms with Crippen LogP contribution in [0.1, 0.15) is 32.8 Å². The van der Waals surface area contributed by atoms with Crippen molar-refractivity contribution in [1.82, 2.24) is 5.32 Å². The molecule has 0 radical (unpaired) electrons. The van der Waals surface area contributed by atoms with Crippen LogP contribution in [0.5, 0.6) is 0 Å². The van der Waals surface area contributed by atoms with Gasteiger partial charge < -0.3 is 15.0 Å². The lowest BCUT2D eigenvalue weighted by Gasteiger charge is -2.38. The number of halogens is 1. The van der Waals surface area contributed by atoms with Crippen LogP contribution in [0.2, 0.25) is 0 Å². The lowest BCUT2D eigenvalue weighted by Crippen LogP contribution is -2.50. The van der Waals surface area contributed by atoms with Gasteiger partial charge in [-0.3, -0.25) is 0 Å². The van der Waals surface area contributed by atoms with E-state index in [0.29, 0.717) is 5.92 Å². The Hall–Kier alpha value is -1.75. The molecule has 0 bridgehead atoms. The normalized spacial score (nSPS) is 22.1. The predicted octanol–water partition coefficient (Wildman–Crippen LogP) is 4.84. The summed E-state index contributed by atoms with van der Waals surface area (Å²) in [6.07, 6.45) is 10.2. The van der Waals surface area contributed by atoms with E-state index in [1.807, 2.05) is 20.8 Å². The van der Waals surface area contributed by atoms with E-state index in [0.717, 1.165) is 30.4 Å². The number of hydrogen-bond donors (Lipinski definition) is 1. The summed E-state index contributed by atoms with van der Waals surface area (Å²) in [6.45, 7) is 7.39. The highest BCUT2D eigenvalue weighted by Gasteiger charge is 2.28. The number of ether oxygens (including phenoxy) is 1. The molecule has 0 saturated heterocycles. The minimum Gasteiger partial charge on any atom is -0.444 e. The third kappa shape index (κ3) is 5.13. The van der Waals surface area contributed by atoms with Crippen molar-refractivity contribution in [3.8, 4) is 0 Å². The number of carbonyl (C=O) groups is 1. The quantitative estimate of drug-likeness (QED) is 0.763. The second-order valence-corrected chi connectivity index (χ2v) is 8.95. The molecule has 2 unspecified atom stereocenters. The van der Waals surface area contributed by atoms with Gasteiger partial charge in [0.15, 0.2) is 0 Å². The molecule has 3 rings (SSSR count). The Morgan fingerprint density at radius 3 is 2.85 bits per heavy atom. The Morgan fingerprint density at radius 1 is 1.35 bits per heavy atom. The van der Waals surface area contributed by atoms with Gasteiger partial charge >= 0.3 is 6.09 Å². The third-order valence-electron chi connectivity index (χ3n) is 4.53. The van der Waals surface area contributed by atoms with Crippen LogP contribution in [-0.4, -0.2) is 30.8 Å². The first-order chi connectivity index (χ1) is 12.3. The average molecular weight is 419 g/mol. The molecule has 0 saturated carbocycles. The Kier molecular flexibility index (Phi) is 5.76. The van der Waals surface area contributed by atoms with Gasteiger partial charge in [-0.25, -0.2) is 4.79 Å². The molecule has 1 N–H and O–H groups in total. The fraction of sp³-hybridized carbons (Fsp3) is 0.476. The van der Waals surface area contributed by atoms with Crippen LogP contribution >= 0.6 is 15.9 Å². The molecule has 2 aliphatic rings. The third-order valence-corrected chi connectivity index (χ3v) is 5.03. The first-order valence-electron chi connectivity index (χ1n) is 9.16. The van der Waals surface area contributed by atoms with Crippen LogP contribution < -0.4 is 10.2 Å². The molecule has 5 heteroatoms. The molecule has 26 heavy (non-hydrogen) atoms. The highest BCUT2D eigenvalue weighted by atomic mass is 79.9. The molecule has 4 nitrogen and oxygen atoms in total. The Labute approximate surface area is 164 Å². The summed E-state index contributed by atoms with van der Waals surface area (Å²) in [7, 11) is 0. The monoisotopic (exact) mass is 418 g/mol. The average Bonchev–Trinajstić information content (AvgIpc) is 2.53. The fourth-order valence-electron chi connectivity index (χ4n) is 3.51. The van der Waals surface area contributed by atoms with Crippen LogP contribution in [0.15, 0.2) is 47.0 Å². The Bertz CT molecular complexity index is 721. The molecule has 1 amide bonds. The number of hydrogen-bond acceptors (Lipinski definition) is 3. The molecular formula is C21H27BrN2O2. The van der Waals surface area contributed by atoms with Gasteiger partial charge in [-0.1, -0.05) is 40.2 Å². The van der Waals surface area contributed by atoms with Crippen LogP contribution in [0.4, 0.5) is 10.5 Å². The molecule has 2 atom stereocenters. The summed E-state index contributed by atoms with van der Waals surface area (Å²) < 4.78 is 6.50. The summed E-state index contributed by atoms with van der Waals surface area (Å²) in [5, 5.41) is 3.05. The molecule has 0 aromatic heterocycles. The van der Waals surface area contributed by atoms with Crippen molar-refractivity contribution in [2.45, 2.75) is 45.3 Å². The predicted molar refractivity (Wildman–Crippen MR) is 110 cm³/mol. The van der Waals surface area contributed by atoms with E-state index >= 15 is 0 Å². The number of nitrogens with one attached hydrogen (secondary N) is 1. The van der Waals surface area contributed by atoms with E-state index in [1.165, 1.54) is 11.3 Å². The topological polar surface area (TPSA) is 41.6 Å². The van der Waals surface area contributed by atoms with E-state index in [-0.39, 0.29) is 12.1 Å². The van der Waals surface area contributed by atoms with Crippen molar-refractivity contribution in [2.75, 3.05) is 18.0 Å². The van der Waals surface area contributed by atoms with Crippen molar-refractivity contribution in [3.63, 3.8) is 0 Å². The molecule has 1 aliphatic carbocycles.